The molecule has 2 N–H and O–H groups in total. The minimum absolute atomic E-state index is 0.0861. The van der Waals surface area contributed by atoms with E-state index in [1.165, 1.54) is 25.3 Å². The van der Waals surface area contributed by atoms with Gasteiger partial charge in [-0.3, -0.25) is 14.8 Å². The largest absolute Gasteiger partial charge is 0.495 e. The number of nitrogens with zero attached hydrogens (tertiary/aromatic N) is 1. The van der Waals surface area contributed by atoms with Crippen molar-refractivity contribution in [2.75, 3.05) is 11.8 Å². The Morgan fingerprint density at radius 2 is 1.88 bits per heavy atom. The molecule has 26 heavy (non-hydrogen) atoms. The number of carboxylic acids is 1. The highest BCUT2D eigenvalue weighted by atomic mass is 32.2. The molecule has 0 radical (unpaired) electrons. The number of nitro benzene ring substituents is 1. The average Bonchev–Trinajstić information content (AvgIpc) is 2.56. The van der Waals surface area contributed by atoms with E-state index in [4.69, 9.17) is 9.84 Å². The van der Waals surface area contributed by atoms with Gasteiger partial charge in [0.25, 0.3) is 15.7 Å². The predicted octanol–water partition coefficient (Wildman–Crippen LogP) is 2.72. The van der Waals surface area contributed by atoms with E-state index in [0.717, 1.165) is 12.1 Å². The number of anilines is 1. The van der Waals surface area contributed by atoms with Gasteiger partial charge in [-0.1, -0.05) is 0 Å². The fourth-order valence-electron chi connectivity index (χ4n) is 2.32. The third-order valence-electron chi connectivity index (χ3n) is 3.79. The van der Waals surface area contributed by atoms with Crippen LogP contribution in [0.15, 0.2) is 35.2 Å². The Balaban J connectivity index is 2.58. The van der Waals surface area contributed by atoms with Crippen LogP contribution >= 0.6 is 0 Å². The van der Waals surface area contributed by atoms with Crippen LogP contribution in [-0.2, 0) is 10.0 Å². The lowest BCUT2D eigenvalue weighted by molar-refractivity contribution is -0.384. The fraction of sp³-hybridized carbons (Fsp3) is 0.188. The van der Waals surface area contributed by atoms with Crippen LogP contribution in [0.2, 0.25) is 0 Å². The third-order valence-corrected chi connectivity index (χ3v) is 5.29. The van der Waals surface area contributed by atoms with Crippen molar-refractivity contribution in [1.29, 1.82) is 0 Å². The SMILES string of the molecule is COc1ccc([N+](=O)[O-])cc1NS(=O)(=O)c1cc(C(=O)O)cc(C)c1C. The molecule has 0 fully saturated rings. The summed E-state index contributed by atoms with van der Waals surface area (Å²) < 4.78 is 32.8. The van der Waals surface area contributed by atoms with Crippen LogP contribution in [0.1, 0.15) is 21.5 Å². The first-order valence-electron chi connectivity index (χ1n) is 7.26. The summed E-state index contributed by atoms with van der Waals surface area (Å²) in [6, 6.07) is 5.87. The van der Waals surface area contributed by atoms with Crippen molar-refractivity contribution in [2.45, 2.75) is 18.7 Å². The zero-order chi connectivity index (χ0) is 19.6. The van der Waals surface area contributed by atoms with Gasteiger partial charge in [-0.05, 0) is 43.2 Å². The van der Waals surface area contributed by atoms with Gasteiger partial charge in [0.15, 0.2) is 0 Å². The number of hydrogen-bond acceptors (Lipinski definition) is 6. The molecule has 0 saturated carbocycles. The molecular formula is C16H16N2O7S. The van der Waals surface area contributed by atoms with Gasteiger partial charge in [0.05, 0.1) is 28.2 Å². The Labute approximate surface area is 149 Å². The third kappa shape index (κ3) is 3.75. The Morgan fingerprint density at radius 3 is 2.42 bits per heavy atom. The summed E-state index contributed by atoms with van der Waals surface area (Å²) in [4.78, 5) is 21.2. The summed E-state index contributed by atoms with van der Waals surface area (Å²) in [5.74, 6) is -1.18. The number of rotatable bonds is 6. The number of benzene rings is 2. The van der Waals surface area contributed by atoms with E-state index in [2.05, 4.69) is 4.72 Å². The highest BCUT2D eigenvalue weighted by Gasteiger charge is 2.23. The number of nitrogens with one attached hydrogen (secondary N) is 1. The minimum Gasteiger partial charge on any atom is -0.495 e. The second-order valence-electron chi connectivity index (χ2n) is 5.47. The number of carbonyl (C=O) groups is 1. The van der Waals surface area contributed by atoms with Gasteiger partial charge >= 0.3 is 5.97 Å². The van der Waals surface area contributed by atoms with Crippen molar-refractivity contribution in [1.82, 2.24) is 0 Å². The summed E-state index contributed by atoms with van der Waals surface area (Å²) >= 11 is 0. The van der Waals surface area contributed by atoms with E-state index in [9.17, 15) is 23.3 Å². The lowest BCUT2D eigenvalue weighted by atomic mass is 10.1. The molecule has 2 rings (SSSR count). The number of ether oxygens (including phenoxy) is 1. The molecule has 2 aromatic carbocycles. The summed E-state index contributed by atoms with van der Waals surface area (Å²) in [6.07, 6.45) is 0. The standard InChI is InChI=1S/C16H16N2O7S/c1-9-6-11(16(19)20)7-15(10(9)2)26(23,24)17-13-8-12(18(21)22)4-5-14(13)25-3/h4-8,17H,1-3H3,(H,19,20). The van der Waals surface area contributed by atoms with E-state index < -0.39 is 20.9 Å². The maximum atomic E-state index is 12.8. The smallest absolute Gasteiger partial charge is 0.335 e. The van der Waals surface area contributed by atoms with Crippen LogP contribution in [0, 0.1) is 24.0 Å². The lowest BCUT2D eigenvalue weighted by Gasteiger charge is -2.15. The maximum Gasteiger partial charge on any atom is 0.335 e. The molecule has 138 valence electrons. The summed E-state index contributed by atoms with van der Waals surface area (Å²) in [5.41, 5.74) is 0.220. The molecule has 0 aliphatic carbocycles. The van der Waals surface area contributed by atoms with Gasteiger partial charge in [-0.15, -0.1) is 0 Å². The van der Waals surface area contributed by atoms with Crippen molar-refractivity contribution in [3.8, 4) is 5.75 Å². The van der Waals surface area contributed by atoms with Crippen LogP contribution in [0.25, 0.3) is 0 Å². The molecule has 0 bridgehead atoms. The summed E-state index contributed by atoms with van der Waals surface area (Å²) in [5, 5.41) is 20.1. The molecule has 0 atom stereocenters. The van der Waals surface area contributed by atoms with Gasteiger partial charge in [0, 0.05) is 12.1 Å². The van der Waals surface area contributed by atoms with Gasteiger partial charge in [-0.2, -0.15) is 0 Å². The van der Waals surface area contributed by atoms with E-state index in [-0.39, 0.29) is 27.6 Å². The monoisotopic (exact) mass is 380 g/mol. The normalized spacial score (nSPS) is 11.0. The Hall–Kier alpha value is -3.14. The number of sulfonamides is 1. The fourth-order valence-corrected chi connectivity index (χ4v) is 3.72. The van der Waals surface area contributed by atoms with Crippen molar-refractivity contribution in [3.63, 3.8) is 0 Å². The molecule has 0 aliphatic rings. The summed E-state index contributed by atoms with van der Waals surface area (Å²) in [6.45, 7) is 3.13. The van der Waals surface area contributed by atoms with Gasteiger partial charge in [0.1, 0.15) is 5.75 Å². The molecule has 0 aliphatic heterocycles. The molecule has 10 heteroatoms. The molecule has 9 nitrogen and oxygen atoms in total. The number of carboxylic acid groups (broad SMARTS) is 1. The Morgan fingerprint density at radius 1 is 1.23 bits per heavy atom. The second-order valence-corrected chi connectivity index (χ2v) is 7.12. The number of methoxy groups -OCH3 is 1. The molecule has 0 unspecified atom stereocenters. The molecule has 0 spiro atoms. The number of nitro groups is 1. The van der Waals surface area contributed by atoms with Crippen molar-refractivity contribution >= 4 is 27.4 Å². The number of aromatic carboxylic acids is 1. The van der Waals surface area contributed by atoms with Crippen LogP contribution in [0.4, 0.5) is 11.4 Å². The second kappa shape index (κ2) is 7.00. The molecule has 0 heterocycles. The van der Waals surface area contributed by atoms with Crippen molar-refractivity contribution in [3.05, 3.63) is 57.1 Å². The first-order chi connectivity index (χ1) is 12.1. The topological polar surface area (TPSA) is 136 Å². The molecule has 2 aromatic rings. The average molecular weight is 380 g/mol. The maximum absolute atomic E-state index is 12.8. The molecule has 0 saturated heterocycles. The zero-order valence-electron chi connectivity index (χ0n) is 14.1. The quantitative estimate of drug-likeness (QED) is 0.581. The Kier molecular flexibility index (Phi) is 5.17. The minimum atomic E-state index is -4.21. The van der Waals surface area contributed by atoms with Crippen molar-refractivity contribution < 1.29 is 28.0 Å². The number of hydrogen-bond donors (Lipinski definition) is 2. The molecule has 0 aromatic heterocycles. The first-order valence-corrected chi connectivity index (χ1v) is 8.75. The van der Waals surface area contributed by atoms with Crippen LogP contribution in [0.3, 0.4) is 0 Å². The van der Waals surface area contributed by atoms with E-state index in [0.29, 0.717) is 11.1 Å². The van der Waals surface area contributed by atoms with Crippen molar-refractivity contribution in [2.24, 2.45) is 0 Å². The zero-order valence-corrected chi connectivity index (χ0v) is 15.0. The van der Waals surface area contributed by atoms with E-state index >= 15 is 0 Å². The molecule has 0 amide bonds. The molecular weight excluding hydrogens is 364 g/mol. The number of aryl methyl sites for hydroxylation is 1. The van der Waals surface area contributed by atoms with Gasteiger partial charge in [-0.25, -0.2) is 13.2 Å². The lowest BCUT2D eigenvalue weighted by Crippen LogP contribution is -2.16. The highest BCUT2D eigenvalue weighted by Crippen LogP contribution is 2.32. The van der Waals surface area contributed by atoms with Gasteiger partial charge < -0.3 is 9.84 Å². The summed E-state index contributed by atoms with van der Waals surface area (Å²) in [7, 11) is -2.92. The van der Waals surface area contributed by atoms with E-state index in [1.807, 2.05) is 0 Å². The van der Waals surface area contributed by atoms with E-state index in [1.54, 1.807) is 13.8 Å². The number of non-ortho nitro benzene ring substituents is 1. The predicted molar refractivity (Wildman–Crippen MR) is 93.3 cm³/mol. The van der Waals surface area contributed by atoms with Crippen LogP contribution < -0.4 is 9.46 Å². The van der Waals surface area contributed by atoms with Gasteiger partial charge in [0.2, 0.25) is 0 Å². The highest BCUT2D eigenvalue weighted by molar-refractivity contribution is 7.92. The van der Waals surface area contributed by atoms with Crippen LogP contribution in [0.5, 0.6) is 5.75 Å². The first kappa shape index (κ1) is 19.2. The van der Waals surface area contributed by atoms with Crippen LogP contribution in [-0.4, -0.2) is 31.5 Å². The Bertz CT molecular complexity index is 1000.